The first kappa shape index (κ1) is 54.7. The smallest absolute Gasteiger partial charge is 0.306 e. The molecule has 1 aliphatic rings. The summed E-state index contributed by atoms with van der Waals surface area (Å²) < 4.78 is 22.1. The van der Waals surface area contributed by atoms with Crippen molar-refractivity contribution in [1.29, 1.82) is 0 Å². The van der Waals surface area contributed by atoms with Crippen LogP contribution in [0.15, 0.2) is 48.6 Å². The molecule has 1 rings (SSSR count). The van der Waals surface area contributed by atoms with Crippen LogP contribution in [-0.4, -0.2) is 89.0 Å². The lowest BCUT2D eigenvalue weighted by Gasteiger charge is -2.39. The number of allylic oxidation sites excluding steroid dienone is 8. The standard InChI is InChI=1S/C49H86O10/c1-3-5-7-9-11-13-15-17-18-19-20-21-22-23-24-26-27-29-31-33-35-37-44(51)56-40-42(41-57-49-48(55)47(54)46(53)43(39-50)59-49)58-45(52)38-36-34-32-30-28-25-16-14-12-10-8-6-4-2/h6,8,10,12,14,16,21-22,42-43,46-50,53-55H,3-5,7,9,11,13,15,17-20,23-41H2,1-2H3/b8-6+,12-10+,16-14+,22-21+/t42?,43-,46+,47?,48?,49-/m0/s1. The maximum Gasteiger partial charge on any atom is 0.306 e. The molecule has 0 aliphatic carbocycles. The molecule has 6 atom stereocenters. The monoisotopic (exact) mass is 835 g/mol. The first-order chi connectivity index (χ1) is 28.8. The number of carbonyl (C=O) groups excluding carboxylic acids is 2. The molecule has 342 valence electrons. The minimum atomic E-state index is -1.60. The second-order valence-corrected chi connectivity index (χ2v) is 16.2. The first-order valence-electron chi connectivity index (χ1n) is 23.7. The molecule has 1 heterocycles. The molecular weight excluding hydrogens is 749 g/mol. The maximum absolute atomic E-state index is 12.8. The van der Waals surface area contributed by atoms with Crippen LogP contribution in [-0.2, 0) is 28.5 Å². The molecular formula is C49H86O10. The van der Waals surface area contributed by atoms with Gasteiger partial charge in [0.05, 0.1) is 13.2 Å². The molecule has 4 N–H and O–H groups in total. The zero-order valence-corrected chi connectivity index (χ0v) is 37.2. The minimum absolute atomic E-state index is 0.205. The zero-order valence-electron chi connectivity index (χ0n) is 37.2. The number of aliphatic hydroxyl groups is 4. The molecule has 59 heavy (non-hydrogen) atoms. The van der Waals surface area contributed by atoms with Crippen LogP contribution in [0.5, 0.6) is 0 Å². The zero-order chi connectivity index (χ0) is 43.0. The number of hydrogen-bond acceptors (Lipinski definition) is 10. The Morgan fingerprint density at radius 1 is 0.542 bits per heavy atom. The molecule has 0 spiro atoms. The number of hydrogen-bond donors (Lipinski definition) is 4. The van der Waals surface area contributed by atoms with Gasteiger partial charge in [-0.3, -0.25) is 9.59 Å². The highest BCUT2D eigenvalue weighted by Crippen LogP contribution is 2.23. The van der Waals surface area contributed by atoms with Crippen molar-refractivity contribution >= 4 is 11.9 Å². The molecule has 0 aromatic rings. The third-order valence-electron chi connectivity index (χ3n) is 10.8. The van der Waals surface area contributed by atoms with Crippen LogP contribution in [0.3, 0.4) is 0 Å². The summed E-state index contributed by atoms with van der Waals surface area (Å²) in [6, 6.07) is 0. The van der Waals surface area contributed by atoms with Crippen LogP contribution in [0.4, 0.5) is 0 Å². The molecule has 1 saturated heterocycles. The molecule has 0 saturated carbocycles. The van der Waals surface area contributed by atoms with Gasteiger partial charge in [0.2, 0.25) is 0 Å². The number of aliphatic hydroxyl groups excluding tert-OH is 4. The molecule has 1 aliphatic heterocycles. The van der Waals surface area contributed by atoms with Crippen LogP contribution >= 0.6 is 0 Å². The van der Waals surface area contributed by atoms with Gasteiger partial charge in [0, 0.05) is 12.8 Å². The fraction of sp³-hybridized carbons (Fsp3) is 0.796. The molecule has 0 aromatic carbocycles. The van der Waals surface area contributed by atoms with Gasteiger partial charge in [-0.2, -0.15) is 0 Å². The molecule has 0 aromatic heterocycles. The Morgan fingerprint density at radius 3 is 1.54 bits per heavy atom. The van der Waals surface area contributed by atoms with Gasteiger partial charge in [0.15, 0.2) is 12.4 Å². The van der Waals surface area contributed by atoms with Gasteiger partial charge in [-0.25, -0.2) is 0 Å². The lowest BCUT2D eigenvalue weighted by Crippen LogP contribution is -2.59. The van der Waals surface area contributed by atoms with E-state index in [4.69, 9.17) is 18.9 Å². The second kappa shape index (κ2) is 39.8. The van der Waals surface area contributed by atoms with Crippen molar-refractivity contribution in [3.05, 3.63) is 48.6 Å². The molecule has 1 fully saturated rings. The largest absolute Gasteiger partial charge is 0.462 e. The summed E-state index contributed by atoms with van der Waals surface area (Å²) in [5, 5.41) is 40.1. The third kappa shape index (κ3) is 31.2. The van der Waals surface area contributed by atoms with Gasteiger partial charge in [0.25, 0.3) is 0 Å². The molecule has 10 nitrogen and oxygen atoms in total. The number of esters is 2. The van der Waals surface area contributed by atoms with E-state index in [9.17, 15) is 30.0 Å². The van der Waals surface area contributed by atoms with E-state index in [1.54, 1.807) is 0 Å². The highest BCUT2D eigenvalue weighted by molar-refractivity contribution is 5.70. The van der Waals surface area contributed by atoms with Crippen molar-refractivity contribution < 1.29 is 49.0 Å². The Hall–Kier alpha value is -2.34. The second-order valence-electron chi connectivity index (χ2n) is 16.2. The average Bonchev–Trinajstić information content (AvgIpc) is 3.23. The van der Waals surface area contributed by atoms with Crippen molar-refractivity contribution in [2.75, 3.05) is 19.8 Å². The third-order valence-corrected chi connectivity index (χ3v) is 10.8. The molecule has 3 unspecified atom stereocenters. The summed E-state index contributed by atoms with van der Waals surface area (Å²) in [6.07, 6.45) is 39.8. The lowest BCUT2D eigenvalue weighted by atomic mass is 9.99. The quantitative estimate of drug-likeness (QED) is 0.0204. The van der Waals surface area contributed by atoms with Gasteiger partial charge in [-0.1, -0.05) is 172 Å². The summed E-state index contributed by atoms with van der Waals surface area (Å²) in [6.45, 7) is 3.27. The van der Waals surface area contributed by atoms with Gasteiger partial charge in [0.1, 0.15) is 31.0 Å². The van der Waals surface area contributed by atoms with E-state index >= 15 is 0 Å². The highest BCUT2D eigenvalue weighted by Gasteiger charge is 2.44. The summed E-state index contributed by atoms with van der Waals surface area (Å²) >= 11 is 0. The van der Waals surface area contributed by atoms with Gasteiger partial charge < -0.3 is 39.4 Å². The fourth-order valence-electron chi connectivity index (χ4n) is 7.01. The van der Waals surface area contributed by atoms with E-state index in [1.165, 1.54) is 89.9 Å². The number of unbranched alkanes of at least 4 members (excludes halogenated alkanes) is 22. The summed E-state index contributed by atoms with van der Waals surface area (Å²) in [5.41, 5.74) is 0. The lowest BCUT2D eigenvalue weighted by molar-refractivity contribution is -0.305. The number of carbonyl (C=O) groups is 2. The topological polar surface area (TPSA) is 152 Å². The van der Waals surface area contributed by atoms with Crippen molar-refractivity contribution in [2.45, 2.75) is 230 Å². The van der Waals surface area contributed by atoms with Crippen molar-refractivity contribution in [3.63, 3.8) is 0 Å². The minimum Gasteiger partial charge on any atom is -0.462 e. The van der Waals surface area contributed by atoms with E-state index < -0.39 is 49.4 Å². The Morgan fingerprint density at radius 2 is 1.02 bits per heavy atom. The van der Waals surface area contributed by atoms with Gasteiger partial charge >= 0.3 is 11.9 Å². The van der Waals surface area contributed by atoms with Crippen LogP contribution in [0, 0.1) is 0 Å². The Bertz CT molecular complexity index is 1100. The normalized spacial score (nSPS) is 20.4. The van der Waals surface area contributed by atoms with Gasteiger partial charge in [-0.05, 0) is 57.8 Å². The molecule has 10 heteroatoms. The van der Waals surface area contributed by atoms with E-state index in [2.05, 4.69) is 44.2 Å². The van der Waals surface area contributed by atoms with E-state index in [-0.39, 0.29) is 32.0 Å². The van der Waals surface area contributed by atoms with E-state index in [0.717, 1.165) is 70.6 Å². The van der Waals surface area contributed by atoms with Crippen molar-refractivity contribution in [3.8, 4) is 0 Å². The summed E-state index contributed by atoms with van der Waals surface area (Å²) in [4.78, 5) is 25.3. The van der Waals surface area contributed by atoms with E-state index in [0.29, 0.717) is 6.42 Å². The molecule has 0 radical (unpaired) electrons. The SMILES string of the molecule is CC/C=C/C=C/C=C/CCCCCCCC(=O)OC(COC(=O)CCCCCCCCC/C=C/CCCCCCCCCCCC)CO[C@H]1O[C@@H](CO)[C@@H](O)C(O)C1O. The van der Waals surface area contributed by atoms with Crippen molar-refractivity contribution in [2.24, 2.45) is 0 Å². The van der Waals surface area contributed by atoms with Crippen LogP contribution in [0.2, 0.25) is 0 Å². The Kier molecular flexibility index (Phi) is 36.9. The highest BCUT2D eigenvalue weighted by atomic mass is 16.7. The maximum atomic E-state index is 12.8. The first-order valence-corrected chi connectivity index (χ1v) is 23.7. The van der Waals surface area contributed by atoms with Crippen LogP contribution < -0.4 is 0 Å². The Labute approximate surface area is 358 Å². The number of ether oxygens (including phenoxy) is 4. The van der Waals surface area contributed by atoms with Crippen molar-refractivity contribution in [1.82, 2.24) is 0 Å². The summed E-state index contributed by atoms with van der Waals surface area (Å²) in [7, 11) is 0. The van der Waals surface area contributed by atoms with Gasteiger partial charge in [-0.15, -0.1) is 0 Å². The predicted octanol–water partition coefficient (Wildman–Crippen LogP) is 10.4. The van der Waals surface area contributed by atoms with Crippen LogP contribution in [0.1, 0.15) is 194 Å². The Balaban J connectivity index is 2.28. The molecule has 0 bridgehead atoms. The predicted molar refractivity (Wildman–Crippen MR) is 238 cm³/mol. The fourth-order valence-corrected chi connectivity index (χ4v) is 7.01. The van der Waals surface area contributed by atoms with E-state index in [1.807, 2.05) is 18.2 Å². The summed E-state index contributed by atoms with van der Waals surface area (Å²) in [5.74, 6) is -0.835. The number of rotatable bonds is 39. The average molecular weight is 835 g/mol. The molecule has 0 amide bonds. The van der Waals surface area contributed by atoms with Crippen LogP contribution in [0.25, 0.3) is 0 Å².